The van der Waals surface area contributed by atoms with Gasteiger partial charge in [0.15, 0.2) is 0 Å². The van der Waals surface area contributed by atoms with E-state index in [2.05, 4.69) is 54.7 Å². The Balaban J connectivity index is 1.70. The first-order chi connectivity index (χ1) is 12.8. The van der Waals surface area contributed by atoms with Gasteiger partial charge in [-0.1, -0.05) is 78.4 Å². The van der Waals surface area contributed by atoms with Crippen LogP contribution in [0.1, 0.15) is 22.8 Å². The topological polar surface area (TPSA) is 33.6 Å². The van der Waals surface area contributed by atoms with E-state index in [1.165, 1.54) is 5.56 Å². The molecule has 1 heterocycles. The van der Waals surface area contributed by atoms with E-state index in [9.17, 15) is 0 Å². The summed E-state index contributed by atoms with van der Waals surface area (Å²) in [4.78, 5) is 4.70. The van der Waals surface area contributed by atoms with E-state index in [0.717, 1.165) is 22.5 Å². The lowest BCUT2D eigenvalue weighted by atomic mass is 10.0. The summed E-state index contributed by atoms with van der Waals surface area (Å²) < 4.78 is 6.11. The van der Waals surface area contributed by atoms with Gasteiger partial charge in [0, 0.05) is 11.3 Å². The van der Waals surface area contributed by atoms with Gasteiger partial charge in [0.25, 0.3) is 6.02 Å². The average molecular weight is 340 g/mol. The van der Waals surface area contributed by atoms with Crippen molar-refractivity contribution in [2.75, 3.05) is 5.32 Å². The quantitative estimate of drug-likeness (QED) is 0.675. The highest BCUT2D eigenvalue weighted by molar-refractivity contribution is 5.94. The van der Waals surface area contributed by atoms with E-state index in [-0.39, 0.29) is 6.10 Å². The summed E-state index contributed by atoms with van der Waals surface area (Å²) in [5.74, 6) is 0. The van der Waals surface area contributed by atoms with Crippen LogP contribution in [0.15, 0.2) is 96.0 Å². The van der Waals surface area contributed by atoms with Crippen LogP contribution < -0.4 is 5.32 Å². The minimum atomic E-state index is -0.184. The molecular formula is C23H20N2O. The molecule has 3 aromatic rings. The first-order valence-corrected chi connectivity index (χ1v) is 8.69. The molecule has 0 aromatic heterocycles. The lowest BCUT2D eigenvalue weighted by molar-refractivity contribution is 0.237. The molecule has 4 rings (SSSR count). The molecule has 1 atom stereocenters. The number of para-hydroxylation sites is 1. The van der Waals surface area contributed by atoms with Gasteiger partial charge in [-0.3, -0.25) is 0 Å². The van der Waals surface area contributed by atoms with E-state index < -0.39 is 0 Å². The number of aliphatic imine (C=N–C) groups is 1. The monoisotopic (exact) mass is 340 g/mol. The highest BCUT2D eigenvalue weighted by atomic mass is 16.5. The summed E-state index contributed by atoms with van der Waals surface area (Å²) in [5.41, 5.74) is 5.26. The van der Waals surface area contributed by atoms with Crippen molar-refractivity contribution >= 4 is 17.4 Å². The number of amidine groups is 1. The van der Waals surface area contributed by atoms with E-state index in [1.54, 1.807) is 0 Å². The van der Waals surface area contributed by atoms with Crippen LogP contribution in [0, 0.1) is 6.92 Å². The number of nitrogens with zero attached hydrogens (tertiary/aromatic N) is 1. The van der Waals surface area contributed by atoms with Crippen LogP contribution in [0.25, 0.3) is 5.70 Å². The van der Waals surface area contributed by atoms with Crippen molar-refractivity contribution in [3.8, 4) is 0 Å². The maximum atomic E-state index is 6.11. The standard InChI is InChI=1S/C23H20N2O/c1-17-12-14-18(15-13-17)21-16-22(19-8-4-2-5-9-19)26-23(25-21)24-20-10-6-3-7-11-20/h2-16,22H,1H3,(H,24,25). The van der Waals surface area contributed by atoms with Crippen LogP contribution in [-0.2, 0) is 4.74 Å². The third kappa shape index (κ3) is 3.67. The molecular weight excluding hydrogens is 320 g/mol. The highest BCUT2D eigenvalue weighted by Crippen LogP contribution is 2.30. The molecule has 26 heavy (non-hydrogen) atoms. The summed E-state index contributed by atoms with van der Waals surface area (Å²) in [6, 6.07) is 29.0. The predicted octanol–water partition coefficient (Wildman–Crippen LogP) is 5.58. The van der Waals surface area contributed by atoms with Crippen molar-refractivity contribution in [1.82, 2.24) is 0 Å². The zero-order chi connectivity index (χ0) is 17.8. The number of hydrogen-bond acceptors (Lipinski definition) is 3. The van der Waals surface area contributed by atoms with Gasteiger partial charge in [0.1, 0.15) is 6.10 Å². The van der Waals surface area contributed by atoms with Crippen LogP contribution in [0.5, 0.6) is 0 Å². The molecule has 0 saturated heterocycles. The van der Waals surface area contributed by atoms with Crippen molar-refractivity contribution in [2.24, 2.45) is 4.99 Å². The minimum absolute atomic E-state index is 0.184. The molecule has 3 aromatic carbocycles. The fourth-order valence-electron chi connectivity index (χ4n) is 2.87. The van der Waals surface area contributed by atoms with E-state index >= 15 is 0 Å². The lowest BCUT2D eigenvalue weighted by Gasteiger charge is -2.23. The summed E-state index contributed by atoms with van der Waals surface area (Å²) in [6.07, 6.45) is 1.88. The molecule has 1 N–H and O–H groups in total. The second-order valence-corrected chi connectivity index (χ2v) is 6.28. The number of anilines is 1. The Kier molecular flexibility index (Phi) is 4.52. The number of benzene rings is 3. The first kappa shape index (κ1) is 16.2. The zero-order valence-corrected chi connectivity index (χ0v) is 14.6. The maximum Gasteiger partial charge on any atom is 0.295 e. The molecule has 0 aliphatic carbocycles. The Hall–Kier alpha value is -3.33. The molecule has 0 bridgehead atoms. The Morgan fingerprint density at radius 1 is 0.808 bits per heavy atom. The number of nitrogens with one attached hydrogen (secondary N) is 1. The van der Waals surface area contributed by atoms with Crippen LogP contribution in [0.2, 0.25) is 0 Å². The number of hydrogen-bond donors (Lipinski definition) is 1. The van der Waals surface area contributed by atoms with Gasteiger partial charge in [0.05, 0.1) is 5.70 Å². The van der Waals surface area contributed by atoms with Crippen molar-refractivity contribution in [1.29, 1.82) is 0 Å². The molecule has 0 spiro atoms. The molecule has 0 amide bonds. The summed E-state index contributed by atoms with van der Waals surface area (Å²) >= 11 is 0. The Morgan fingerprint density at radius 3 is 2.15 bits per heavy atom. The third-order valence-electron chi connectivity index (χ3n) is 4.27. The van der Waals surface area contributed by atoms with E-state index in [0.29, 0.717) is 6.02 Å². The number of rotatable bonds is 3. The molecule has 0 radical (unpaired) electrons. The van der Waals surface area contributed by atoms with Gasteiger partial charge in [-0.2, -0.15) is 4.99 Å². The fourth-order valence-corrected chi connectivity index (χ4v) is 2.87. The Bertz CT molecular complexity index is 929. The smallest absolute Gasteiger partial charge is 0.295 e. The van der Waals surface area contributed by atoms with Gasteiger partial charge < -0.3 is 10.1 Å². The highest BCUT2D eigenvalue weighted by Gasteiger charge is 2.20. The number of ether oxygens (including phenoxy) is 1. The lowest BCUT2D eigenvalue weighted by Crippen LogP contribution is -2.22. The predicted molar refractivity (Wildman–Crippen MR) is 107 cm³/mol. The molecule has 1 aliphatic heterocycles. The summed E-state index contributed by atoms with van der Waals surface area (Å²) in [6.45, 7) is 2.08. The first-order valence-electron chi connectivity index (χ1n) is 8.69. The Labute approximate surface area is 153 Å². The van der Waals surface area contributed by atoms with Crippen molar-refractivity contribution < 1.29 is 4.74 Å². The summed E-state index contributed by atoms with van der Waals surface area (Å²) in [7, 11) is 0. The number of aryl methyl sites for hydroxylation is 1. The third-order valence-corrected chi connectivity index (χ3v) is 4.27. The molecule has 0 saturated carbocycles. The normalized spacial score (nSPS) is 16.3. The van der Waals surface area contributed by atoms with Crippen molar-refractivity contribution in [3.05, 3.63) is 108 Å². The fraction of sp³-hybridized carbons (Fsp3) is 0.0870. The molecule has 1 aliphatic rings. The summed E-state index contributed by atoms with van der Waals surface area (Å²) in [5, 5.41) is 3.28. The van der Waals surface area contributed by atoms with Gasteiger partial charge in [0.2, 0.25) is 0 Å². The molecule has 3 heteroatoms. The molecule has 1 unspecified atom stereocenters. The Morgan fingerprint density at radius 2 is 1.46 bits per heavy atom. The van der Waals surface area contributed by atoms with Gasteiger partial charge in [-0.25, -0.2) is 0 Å². The molecule has 0 fully saturated rings. The van der Waals surface area contributed by atoms with E-state index in [4.69, 9.17) is 9.73 Å². The van der Waals surface area contributed by atoms with Gasteiger partial charge in [-0.15, -0.1) is 0 Å². The minimum Gasteiger partial charge on any atom is -0.452 e. The SMILES string of the molecule is Cc1ccc(C2=CC(c3ccccc3)OC(Nc3ccccc3)=N2)cc1. The second-order valence-electron chi connectivity index (χ2n) is 6.28. The van der Waals surface area contributed by atoms with Crippen molar-refractivity contribution in [2.45, 2.75) is 13.0 Å². The van der Waals surface area contributed by atoms with Crippen LogP contribution in [0.4, 0.5) is 5.69 Å². The van der Waals surface area contributed by atoms with Crippen molar-refractivity contribution in [3.63, 3.8) is 0 Å². The van der Waals surface area contributed by atoms with Gasteiger partial charge >= 0.3 is 0 Å². The molecule has 3 nitrogen and oxygen atoms in total. The zero-order valence-electron chi connectivity index (χ0n) is 14.6. The van der Waals surface area contributed by atoms with E-state index in [1.807, 2.05) is 48.5 Å². The van der Waals surface area contributed by atoms with Crippen LogP contribution in [-0.4, -0.2) is 6.02 Å². The second kappa shape index (κ2) is 7.28. The van der Waals surface area contributed by atoms with Gasteiger partial charge in [-0.05, 0) is 30.7 Å². The average Bonchev–Trinajstić information content (AvgIpc) is 2.70. The maximum absolute atomic E-state index is 6.11. The molecule has 128 valence electrons. The largest absolute Gasteiger partial charge is 0.452 e. The van der Waals surface area contributed by atoms with Crippen LogP contribution in [0.3, 0.4) is 0 Å². The van der Waals surface area contributed by atoms with Crippen LogP contribution >= 0.6 is 0 Å².